The van der Waals surface area contributed by atoms with E-state index in [4.69, 9.17) is 10.7 Å². The normalized spacial score (nSPS) is 22.7. The summed E-state index contributed by atoms with van der Waals surface area (Å²) in [4.78, 5) is 17.9. The first-order chi connectivity index (χ1) is 11.7. The minimum absolute atomic E-state index is 0.0221. The summed E-state index contributed by atoms with van der Waals surface area (Å²) in [6.07, 6.45) is 8.19. The molecule has 2 aromatic heterocycles. The Kier molecular flexibility index (Phi) is 2.77. The molecule has 0 bridgehead atoms. The van der Waals surface area contributed by atoms with Gasteiger partial charge in [0.25, 0.3) is 0 Å². The van der Waals surface area contributed by atoms with Crippen molar-refractivity contribution in [3.8, 4) is 0 Å². The first kappa shape index (κ1) is 13.7. The smallest absolute Gasteiger partial charge is 0.167 e. The summed E-state index contributed by atoms with van der Waals surface area (Å²) in [6, 6.07) is 6.29. The average molecular weight is 318 g/mol. The summed E-state index contributed by atoms with van der Waals surface area (Å²) in [6.45, 7) is 2.15. The van der Waals surface area contributed by atoms with Crippen LogP contribution in [0.25, 0.3) is 17.2 Å². The molecular weight excluding hydrogens is 300 g/mol. The van der Waals surface area contributed by atoms with Gasteiger partial charge in [-0.15, -0.1) is 0 Å². The summed E-state index contributed by atoms with van der Waals surface area (Å²) in [5.74, 6) is 1.47. The molecule has 3 aromatic rings. The van der Waals surface area contributed by atoms with Gasteiger partial charge in [-0.3, -0.25) is 9.56 Å². The lowest BCUT2D eigenvalue weighted by Gasteiger charge is -2.25. The lowest BCUT2D eigenvalue weighted by Crippen LogP contribution is -2.36. The molecule has 3 heterocycles. The third-order valence-corrected chi connectivity index (χ3v) is 5.11. The van der Waals surface area contributed by atoms with Crippen molar-refractivity contribution in [2.75, 3.05) is 5.73 Å². The number of nitrogens with zero attached hydrogens (tertiary/aromatic N) is 5. The largest absolute Gasteiger partial charge is 0.382 e. The van der Waals surface area contributed by atoms with Crippen molar-refractivity contribution in [2.24, 2.45) is 16.8 Å². The molecule has 2 atom stereocenters. The number of nitrogen functional groups attached to an aromatic ring is 1. The Morgan fingerprint density at radius 3 is 2.88 bits per heavy atom. The Balaban J connectivity index is 1.75. The molecule has 0 spiro atoms. The third kappa shape index (κ3) is 1.95. The fraction of sp³-hybridized carbons (Fsp3) is 0.333. The molecule has 1 fully saturated rings. The van der Waals surface area contributed by atoms with E-state index in [9.17, 15) is 0 Å². The molecule has 1 saturated carbocycles. The molecule has 0 amide bonds. The van der Waals surface area contributed by atoms with Gasteiger partial charge >= 0.3 is 0 Å². The fourth-order valence-electron chi connectivity index (χ4n) is 3.67. The highest BCUT2D eigenvalue weighted by Crippen LogP contribution is 2.44. The quantitative estimate of drug-likeness (QED) is 0.773. The molecule has 2 unspecified atom stereocenters. The zero-order valence-corrected chi connectivity index (χ0v) is 13.4. The van der Waals surface area contributed by atoms with Crippen molar-refractivity contribution in [2.45, 2.75) is 25.9 Å². The summed E-state index contributed by atoms with van der Waals surface area (Å²) < 4.78 is 2.05. The Morgan fingerprint density at radius 2 is 2.04 bits per heavy atom. The molecule has 1 aliphatic carbocycles. The van der Waals surface area contributed by atoms with Gasteiger partial charge in [-0.25, -0.2) is 15.0 Å². The molecule has 1 aliphatic heterocycles. The number of aryl methyl sites for hydroxylation is 1. The van der Waals surface area contributed by atoms with Crippen LogP contribution in [0.1, 0.15) is 24.6 Å². The summed E-state index contributed by atoms with van der Waals surface area (Å²) >= 11 is 0. The lowest BCUT2D eigenvalue weighted by molar-refractivity contribution is 0.374. The first-order valence-corrected chi connectivity index (χ1v) is 8.31. The maximum atomic E-state index is 5.94. The van der Waals surface area contributed by atoms with E-state index in [2.05, 4.69) is 50.7 Å². The van der Waals surface area contributed by atoms with E-state index < -0.39 is 0 Å². The maximum Gasteiger partial charge on any atom is 0.167 e. The number of hydrogen-bond donors (Lipinski definition) is 1. The Bertz CT molecular complexity index is 1060. The number of rotatable bonds is 2. The van der Waals surface area contributed by atoms with Gasteiger partial charge in [0.1, 0.15) is 18.0 Å². The lowest BCUT2D eigenvalue weighted by atomic mass is 9.94. The van der Waals surface area contributed by atoms with Crippen LogP contribution >= 0.6 is 0 Å². The zero-order valence-electron chi connectivity index (χ0n) is 13.4. The summed E-state index contributed by atoms with van der Waals surface area (Å²) in [5.41, 5.74) is 8.62. The van der Waals surface area contributed by atoms with E-state index in [1.807, 2.05) is 0 Å². The highest BCUT2D eigenvalue weighted by molar-refractivity contribution is 5.81. The van der Waals surface area contributed by atoms with Crippen molar-refractivity contribution in [1.29, 1.82) is 0 Å². The van der Waals surface area contributed by atoms with E-state index in [0.717, 1.165) is 11.0 Å². The Labute approximate surface area is 138 Å². The second kappa shape index (κ2) is 4.87. The molecule has 120 valence electrons. The summed E-state index contributed by atoms with van der Waals surface area (Å²) in [5, 5.41) is 2.31. The zero-order chi connectivity index (χ0) is 16.3. The Morgan fingerprint density at radius 1 is 1.17 bits per heavy atom. The highest BCUT2D eigenvalue weighted by Gasteiger charge is 2.37. The number of imidazole rings is 1. The molecule has 6 heteroatoms. The predicted molar refractivity (Wildman–Crippen MR) is 91.4 cm³/mol. The van der Waals surface area contributed by atoms with Crippen molar-refractivity contribution in [3.63, 3.8) is 0 Å². The molecule has 0 radical (unpaired) electrons. The minimum Gasteiger partial charge on any atom is -0.382 e. The van der Waals surface area contributed by atoms with Gasteiger partial charge in [-0.1, -0.05) is 18.2 Å². The van der Waals surface area contributed by atoms with E-state index in [1.165, 1.54) is 30.0 Å². The average Bonchev–Trinajstić information content (AvgIpc) is 3.34. The molecular formula is C18H18N6. The molecule has 2 N–H and O–H groups in total. The molecule has 0 saturated heterocycles. The molecule has 24 heavy (non-hydrogen) atoms. The van der Waals surface area contributed by atoms with Crippen molar-refractivity contribution in [1.82, 2.24) is 19.5 Å². The second-order valence-electron chi connectivity index (χ2n) is 6.71. The highest BCUT2D eigenvalue weighted by atomic mass is 15.2. The van der Waals surface area contributed by atoms with Gasteiger partial charge in [0.05, 0.1) is 11.7 Å². The molecule has 6 nitrogen and oxygen atoms in total. The molecule has 2 aliphatic rings. The van der Waals surface area contributed by atoms with Crippen LogP contribution in [0.3, 0.4) is 0 Å². The SMILES string of the molecule is Cc1cccc2c1=CC(C1CC1)C(n1cnc3c(N)ncnc31)N=2. The Hall–Kier alpha value is -2.76. The van der Waals surface area contributed by atoms with E-state index in [1.54, 1.807) is 6.33 Å². The molecule has 1 aromatic carbocycles. The van der Waals surface area contributed by atoms with Crippen LogP contribution in [0, 0.1) is 18.8 Å². The fourth-order valence-corrected chi connectivity index (χ4v) is 3.67. The number of nitrogens with two attached hydrogens (primary N) is 1. The van der Waals surface area contributed by atoms with Crippen LogP contribution in [-0.2, 0) is 0 Å². The van der Waals surface area contributed by atoms with Crippen LogP contribution in [0.2, 0.25) is 0 Å². The number of aromatic nitrogens is 4. The number of benzene rings is 1. The van der Waals surface area contributed by atoms with Crippen LogP contribution in [0.15, 0.2) is 35.8 Å². The van der Waals surface area contributed by atoms with Gasteiger partial charge in [0.15, 0.2) is 11.5 Å². The maximum absolute atomic E-state index is 5.94. The van der Waals surface area contributed by atoms with Crippen LogP contribution in [0.5, 0.6) is 0 Å². The van der Waals surface area contributed by atoms with Gasteiger partial charge in [-0.2, -0.15) is 0 Å². The number of fused-ring (bicyclic) bond motifs is 2. The second-order valence-corrected chi connectivity index (χ2v) is 6.71. The van der Waals surface area contributed by atoms with E-state index in [-0.39, 0.29) is 6.17 Å². The minimum atomic E-state index is -0.0221. The van der Waals surface area contributed by atoms with Gasteiger partial charge in [-0.05, 0) is 42.5 Å². The number of hydrogen-bond acceptors (Lipinski definition) is 5. The van der Waals surface area contributed by atoms with Crippen molar-refractivity contribution >= 4 is 23.1 Å². The van der Waals surface area contributed by atoms with Crippen molar-refractivity contribution in [3.05, 3.63) is 47.0 Å². The first-order valence-electron chi connectivity index (χ1n) is 8.31. The van der Waals surface area contributed by atoms with Gasteiger partial charge < -0.3 is 5.73 Å². The third-order valence-electron chi connectivity index (χ3n) is 5.11. The predicted octanol–water partition coefficient (Wildman–Crippen LogP) is 1.36. The van der Waals surface area contributed by atoms with Gasteiger partial charge in [0, 0.05) is 5.92 Å². The van der Waals surface area contributed by atoms with E-state index in [0.29, 0.717) is 23.2 Å². The standard InChI is InChI=1S/C18H18N6/c1-10-3-2-4-14-12(10)7-13(11-5-6-11)17(23-14)24-9-22-15-16(19)20-8-21-18(15)24/h2-4,7-9,11,13,17H,5-6H2,1H3,(H2,19,20,21). The molecule has 5 rings (SSSR count). The van der Waals surface area contributed by atoms with E-state index >= 15 is 0 Å². The van der Waals surface area contributed by atoms with Crippen LogP contribution in [-0.4, -0.2) is 19.5 Å². The number of anilines is 1. The van der Waals surface area contributed by atoms with Crippen LogP contribution in [0.4, 0.5) is 5.82 Å². The van der Waals surface area contributed by atoms with Gasteiger partial charge in [0.2, 0.25) is 0 Å². The van der Waals surface area contributed by atoms with Crippen LogP contribution < -0.4 is 16.3 Å². The monoisotopic (exact) mass is 318 g/mol. The van der Waals surface area contributed by atoms with Crippen molar-refractivity contribution < 1.29 is 0 Å². The summed E-state index contributed by atoms with van der Waals surface area (Å²) in [7, 11) is 0. The topological polar surface area (TPSA) is 82.0 Å².